The van der Waals surface area contributed by atoms with Gasteiger partial charge < -0.3 is 10.1 Å². The fourth-order valence-corrected chi connectivity index (χ4v) is 2.89. The molecule has 0 radical (unpaired) electrons. The van der Waals surface area contributed by atoms with Gasteiger partial charge in [0, 0.05) is 18.0 Å². The average Bonchev–Trinajstić information content (AvgIpc) is 2.70. The van der Waals surface area contributed by atoms with Gasteiger partial charge in [-0.3, -0.25) is 4.79 Å². The van der Waals surface area contributed by atoms with E-state index in [1.165, 1.54) is 32.1 Å². The molecule has 0 saturated heterocycles. The summed E-state index contributed by atoms with van der Waals surface area (Å²) in [5.41, 5.74) is 1.51. The zero-order valence-corrected chi connectivity index (χ0v) is 12.1. The minimum Gasteiger partial charge on any atom is -0.481 e. The molecule has 1 heterocycles. The van der Waals surface area contributed by atoms with Crippen molar-refractivity contribution in [3.63, 3.8) is 0 Å². The van der Waals surface area contributed by atoms with Crippen LogP contribution in [0.3, 0.4) is 0 Å². The summed E-state index contributed by atoms with van der Waals surface area (Å²) < 4.78 is 0. The van der Waals surface area contributed by atoms with Crippen molar-refractivity contribution in [1.29, 1.82) is 0 Å². The number of imidazole rings is 1. The maximum absolute atomic E-state index is 11.2. The predicted octanol–water partition coefficient (Wildman–Crippen LogP) is 3.42. The van der Waals surface area contributed by atoms with E-state index < -0.39 is 11.4 Å². The molecule has 0 aliphatic heterocycles. The number of aryl methyl sites for hydroxylation is 1. The SMILES string of the molecule is Cc1[nH]c(CC(C)(C)C(=O)O)nc1C1CCCCC1. The van der Waals surface area contributed by atoms with Crippen molar-refractivity contribution in [3.8, 4) is 0 Å². The Hall–Kier alpha value is -1.32. The van der Waals surface area contributed by atoms with Crippen molar-refractivity contribution in [1.82, 2.24) is 9.97 Å². The predicted molar refractivity (Wildman–Crippen MR) is 74.3 cm³/mol. The van der Waals surface area contributed by atoms with Crippen LogP contribution in [0.1, 0.15) is 69.1 Å². The van der Waals surface area contributed by atoms with Crippen LogP contribution in [0.4, 0.5) is 0 Å². The Bertz CT molecular complexity index is 457. The van der Waals surface area contributed by atoms with Gasteiger partial charge in [0.05, 0.1) is 11.1 Å². The monoisotopic (exact) mass is 264 g/mol. The molecule has 0 aromatic carbocycles. The number of aromatic amines is 1. The molecule has 1 aliphatic carbocycles. The topological polar surface area (TPSA) is 66.0 Å². The van der Waals surface area contributed by atoms with E-state index in [1.807, 2.05) is 6.92 Å². The molecule has 4 heteroatoms. The second-order valence-electron chi connectivity index (χ2n) is 6.39. The van der Waals surface area contributed by atoms with Crippen molar-refractivity contribution in [2.24, 2.45) is 5.41 Å². The zero-order chi connectivity index (χ0) is 14.0. The number of nitrogens with zero attached hydrogens (tertiary/aromatic N) is 1. The summed E-state index contributed by atoms with van der Waals surface area (Å²) in [6, 6.07) is 0. The van der Waals surface area contributed by atoms with Gasteiger partial charge in [-0.15, -0.1) is 0 Å². The summed E-state index contributed by atoms with van der Waals surface area (Å²) >= 11 is 0. The number of hydrogen-bond acceptors (Lipinski definition) is 2. The van der Waals surface area contributed by atoms with Gasteiger partial charge in [-0.1, -0.05) is 19.3 Å². The summed E-state index contributed by atoms with van der Waals surface area (Å²) in [7, 11) is 0. The lowest BCUT2D eigenvalue weighted by molar-refractivity contribution is -0.146. The summed E-state index contributed by atoms with van der Waals surface area (Å²) in [5, 5.41) is 9.19. The molecule has 0 spiro atoms. The lowest BCUT2D eigenvalue weighted by Crippen LogP contribution is -2.26. The van der Waals surface area contributed by atoms with Crippen molar-refractivity contribution in [2.75, 3.05) is 0 Å². The number of rotatable bonds is 4. The summed E-state index contributed by atoms with van der Waals surface area (Å²) in [4.78, 5) is 19.1. The van der Waals surface area contributed by atoms with Crippen LogP contribution in [0.2, 0.25) is 0 Å². The first-order chi connectivity index (χ1) is 8.90. The maximum Gasteiger partial charge on any atom is 0.309 e. The zero-order valence-electron chi connectivity index (χ0n) is 12.1. The Labute approximate surface area is 114 Å². The Morgan fingerprint density at radius 2 is 2.00 bits per heavy atom. The van der Waals surface area contributed by atoms with Gasteiger partial charge in [-0.25, -0.2) is 4.98 Å². The van der Waals surface area contributed by atoms with Crippen molar-refractivity contribution >= 4 is 5.97 Å². The summed E-state index contributed by atoms with van der Waals surface area (Å²) in [6.45, 7) is 5.54. The molecular weight excluding hydrogens is 240 g/mol. The molecule has 0 amide bonds. The number of nitrogens with one attached hydrogen (secondary N) is 1. The van der Waals surface area contributed by atoms with E-state index in [1.54, 1.807) is 13.8 Å². The number of carbonyl (C=O) groups is 1. The maximum atomic E-state index is 11.2. The first kappa shape index (κ1) is 14.1. The van der Waals surface area contributed by atoms with Crippen molar-refractivity contribution in [2.45, 2.75) is 65.2 Å². The first-order valence-corrected chi connectivity index (χ1v) is 7.19. The molecule has 2 N–H and O–H groups in total. The third kappa shape index (κ3) is 3.17. The van der Waals surface area contributed by atoms with Gasteiger partial charge in [0.15, 0.2) is 0 Å². The molecule has 106 valence electrons. The quantitative estimate of drug-likeness (QED) is 0.875. The van der Waals surface area contributed by atoms with Crippen LogP contribution in [0.15, 0.2) is 0 Å². The van der Waals surface area contributed by atoms with Crippen LogP contribution >= 0.6 is 0 Å². The Kier molecular flexibility index (Phi) is 3.97. The molecule has 0 atom stereocenters. The molecule has 2 rings (SSSR count). The van der Waals surface area contributed by atoms with Gasteiger partial charge in [-0.05, 0) is 33.6 Å². The lowest BCUT2D eigenvalue weighted by Gasteiger charge is -2.20. The van der Waals surface area contributed by atoms with E-state index in [0.717, 1.165) is 17.2 Å². The van der Waals surface area contributed by atoms with E-state index in [9.17, 15) is 9.90 Å². The lowest BCUT2D eigenvalue weighted by atomic mass is 9.86. The van der Waals surface area contributed by atoms with Crippen molar-refractivity contribution in [3.05, 3.63) is 17.2 Å². The standard InChI is InChI=1S/C15H24N2O2/c1-10-13(11-7-5-4-6-8-11)17-12(16-10)9-15(2,3)14(18)19/h11H,4-9H2,1-3H3,(H,16,17)(H,18,19). The van der Waals surface area contributed by atoms with E-state index in [2.05, 4.69) is 9.97 Å². The smallest absolute Gasteiger partial charge is 0.309 e. The number of H-pyrrole nitrogens is 1. The minimum absolute atomic E-state index is 0.454. The Morgan fingerprint density at radius 3 is 2.58 bits per heavy atom. The van der Waals surface area contributed by atoms with Crippen LogP contribution in [0.5, 0.6) is 0 Å². The number of carboxylic acids is 1. The second kappa shape index (κ2) is 5.35. The molecule has 1 saturated carbocycles. The molecule has 1 aromatic heterocycles. The van der Waals surface area contributed by atoms with Crippen LogP contribution in [0.25, 0.3) is 0 Å². The van der Waals surface area contributed by atoms with Gasteiger partial charge in [0.2, 0.25) is 0 Å². The fourth-order valence-electron chi connectivity index (χ4n) is 2.89. The van der Waals surface area contributed by atoms with Gasteiger partial charge in [0.1, 0.15) is 5.82 Å². The van der Waals surface area contributed by atoms with Gasteiger partial charge >= 0.3 is 5.97 Å². The summed E-state index contributed by atoms with van der Waals surface area (Å²) in [6.07, 6.45) is 6.79. The third-order valence-corrected chi connectivity index (χ3v) is 4.15. The van der Waals surface area contributed by atoms with Crippen LogP contribution in [0, 0.1) is 12.3 Å². The minimum atomic E-state index is -0.777. The van der Waals surface area contributed by atoms with Crippen LogP contribution in [-0.2, 0) is 11.2 Å². The number of carboxylic acid groups (broad SMARTS) is 1. The first-order valence-electron chi connectivity index (χ1n) is 7.19. The number of aliphatic carboxylic acids is 1. The fraction of sp³-hybridized carbons (Fsp3) is 0.733. The molecule has 1 aliphatic rings. The molecule has 0 bridgehead atoms. The van der Waals surface area contributed by atoms with Gasteiger partial charge in [-0.2, -0.15) is 0 Å². The molecule has 4 nitrogen and oxygen atoms in total. The molecule has 0 unspecified atom stereocenters. The highest BCUT2D eigenvalue weighted by Crippen LogP contribution is 2.33. The number of aromatic nitrogens is 2. The van der Waals surface area contributed by atoms with E-state index in [0.29, 0.717) is 12.3 Å². The number of hydrogen-bond donors (Lipinski definition) is 2. The third-order valence-electron chi connectivity index (χ3n) is 4.15. The van der Waals surface area contributed by atoms with Gasteiger partial charge in [0.25, 0.3) is 0 Å². The van der Waals surface area contributed by atoms with E-state index >= 15 is 0 Å². The average molecular weight is 264 g/mol. The normalized spacial score (nSPS) is 17.6. The largest absolute Gasteiger partial charge is 0.481 e. The highest BCUT2D eigenvalue weighted by Gasteiger charge is 2.30. The summed E-state index contributed by atoms with van der Waals surface area (Å²) in [5.74, 6) is 0.595. The molecule has 19 heavy (non-hydrogen) atoms. The Morgan fingerprint density at radius 1 is 1.37 bits per heavy atom. The molecular formula is C15H24N2O2. The van der Waals surface area contributed by atoms with Crippen molar-refractivity contribution < 1.29 is 9.90 Å². The highest BCUT2D eigenvalue weighted by atomic mass is 16.4. The highest BCUT2D eigenvalue weighted by molar-refractivity contribution is 5.73. The van der Waals surface area contributed by atoms with E-state index in [-0.39, 0.29) is 0 Å². The molecule has 1 fully saturated rings. The molecule has 1 aromatic rings. The second-order valence-corrected chi connectivity index (χ2v) is 6.39. The van der Waals surface area contributed by atoms with Crippen LogP contribution in [-0.4, -0.2) is 21.0 Å². The Balaban J connectivity index is 2.14. The van der Waals surface area contributed by atoms with E-state index in [4.69, 9.17) is 0 Å². The van der Waals surface area contributed by atoms with Crippen LogP contribution < -0.4 is 0 Å².